The summed E-state index contributed by atoms with van der Waals surface area (Å²) in [7, 11) is 1.90. The van der Waals surface area contributed by atoms with Crippen molar-refractivity contribution < 1.29 is 29.6 Å². The van der Waals surface area contributed by atoms with Gasteiger partial charge in [0.25, 0.3) is 0 Å². The Bertz CT molecular complexity index is 220. The fourth-order valence-corrected chi connectivity index (χ4v) is 0.876. The largest absolute Gasteiger partial charge is 0.632 e. The van der Waals surface area contributed by atoms with Gasteiger partial charge in [-0.3, -0.25) is 0 Å². The molecule has 0 aromatic rings. The molecule has 2 unspecified atom stereocenters. The third-order valence-electron chi connectivity index (χ3n) is 1.48. The molecule has 2 atom stereocenters. The molecule has 0 heterocycles. The minimum absolute atomic E-state index is 0.949. The SMILES string of the molecule is C[N+](C)([O-])C(C(=O)O)C(O)C(=O)O. The first-order valence-electron chi connectivity index (χ1n) is 3.36. The summed E-state index contributed by atoms with van der Waals surface area (Å²) >= 11 is 0. The van der Waals surface area contributed by atoms with Crippen LogP contribution in [0.5, 0.6) is 0 Å². The maximum absolute atomic E-state index is 11.1. The summed E-state index contributed by atoms with van der Waals surface area (Å²) in [4.78, 5) is 20.7. The molecule has 0 radical (unpaired) electrons. The van der Waals surface area contributed by atoms with Crippen LogP contribution in [-0.2, 0) is 9.59 Å². The molecule has 0 aliphatic rings. The minimum Gasteiger partial charge on any atom is -0.632 e. The van der Waals surface area contributed by atoms with E-state index in [0.29, 0.717) is 0 Å². The zero-order valence-corrected chi connectivity index (χ0v) is 7.17. The number of hydrogen-bond donors (Lipinski definition) is 3. The van der Waals surface area contributed by atoms with Crippen LogP contribution in [0.4, 0.5) is 0 Å². The molecule has 0 amide bonds. The molecule has 0 fully saturated rings. The lowest BCUT2D eigenvalue weighted by Gasteiger charge is -2.39. The van der Waals surface area contributed by atoms with Gasteiger partial charge in [0.2, 0.25) is 12.1 Å². The van der Waals surface area contributed by atoms with Crippen molar-refractivity contribution in [3.63, 3.8) is 0 Å². The molecule has 0 aromatic heterocycles. The van der Waals surface area contributed by atoms with Gasteiger partial charge < -0.3 is 25.2 Å². The zero-order chi connectivity index (χ0) is 10.8. The van der Waals surface area contributed by atoms with E-state index < -0.39 is 28.7 Å². The van der Waals surface area contributed by atoms with Crippen molar-refractivity contribution in [2.24, 2.45) is 0 Å². The summed E-state index contributed by atoms with van der Waals surface area (Å²) in [5, 5.41) is 36.8. The number of hydrogen-bond acceptors (Lipinski definition) is 4. The van der Waals surface area contributed by atoms with Crippen molar-refractivity contribution in [3.8, 4) is 0 Å². The van der Waals surface area contributed by atoms with E-state index in [4.69, 9.17) is 15.3 Å². The Morgan fingerprint density at radius 2 is 1.62 bits per heavy atom. The molecule has 7 heteroatoms. The zero-order valence-electron chi connectivity index (χ0n) is 7.17. The second-order valence-corrected chi connectivity index (χ2v) is 3.00. The number of nitrogens with zero attached hydrogens (tertiary/aromatic N) is 1. The fourth-order valence-electron chi connectivity index (χ4n) is 0.876. The maximum atomic E-state index is 11.1. The second-order valence-electron chi connectivity index (χ2n) is 3.00. The lowest BCUT2D eigenvalue weighted by molar-refractivity contribution is -0.860. The predicted molar refractivity (Wildman–Crippen MR) is 40.5 cm³/mol. The van der Waals surface area contributed by atoms with E-state index in [1.807, 2.05) is 0 Å². The summed E-state index contributed by atoms with van der Waals surface area (Å²) in [5.41, 5.74) is 0. The van der Waals surface area contributed by atoms with E-state index in [0.717, 1.165) is 14.1 Å². The molecule has 0 aliphatic heterocycles. The number of carboxylic acid groups (broad SMARTS) is 2. The van der Waals surface area contributed by atoms with E-state index >= 15 is 0 Å². The third-order valence-corrected chi connectivity index (χ3v) is 1.48. The monoisotopic (exact) mass is 193 g/mol. The van der Waals surface area contributed by atoms with Gasteiger partial charge in [-0.25, -0.2) is 9.59 Å². The Labute approximate surface area is 74.0 Å². The van der Waals surface area contributed by atoms with E-state index in [9.17, 15) is 14.8 Å². The number of carbonyl (C=O) groups is 2. The molecule has 0 bridgehead atoms. The number of carboxylic acids is 2. The van der Waals surface area contributed by atoms with Gasteiger partial charge in [0.05, 0.1) is 14.1 Å². The molecule has 76 valence electrons. The van der Waals surface area contributed by atoms with Gasteiger partial charge in [-0.05, 0) is 0 Å². The summed E-state index contributed by atoms with van der Waals surface area (Å²) in [6.45, 7) is 0. The van der Waals surface area contributed by atoms with E-state index in [1.54, 1.807) is 0 Å². The number of aliphatic hydroxyl groups excluding tert-OH is 1. The van der Waals surface area contributed by atoms with Crippen molar-refractivity contribution in [1.29, 1.82) is 0 Å². The fraction of sp³-hybridized carbons (Fsp3) is 0.667. The maximum Gasteiger partial charge on any atom is 0.366 e. The average molecular weight is 193 g/mol. The van der Waals surface area contributed by atoms with Gasteiger partial charge in [-0.1, -0.05) is 0 Å². The van der Waals surface area contributed by atoms with Crippen LogP contribution in [-0.4, -0.2) is 58.1 Å². The molecule has 0 rings (SSSR count). The van der Waals surface area contributed by atoms with Crippen LogP contribution >= 0.6 is 0 Å². The van der Waals surface area contributed by atoms with Gasteiger partial charge >= 0.3 is 11.9 Å². The lowest BCUT2D eigenvalue weighted by atomic mass is 10.1. The molecule has 0 aliphatic carbocycles. The highest BCUT2D eigenvalue weighted by Crippen LogP contribution is 2.09. The van der Waals surface area contributed by atoms with E-state index in [-0.39, 0.29) is 0 Å². The predicted octanol–water partition coefficient (Wildman–Crippen LogP) is -1.54. The van der Waals surface area contributed by atoms with Crippen LogP contribution in [0, 0.1) is 5.21 Å². The quantitative estimate of drug-likeness (QED) is 0.368. The summed E-state index contributed by atoms with van der Waals surface area (Å²) < 4.78 is -1.40. The Balaban J connectivity index is 4.83. The first kappa shape index (κ1) is 11.8. The number of rotatable bonds is 4. The summed E-state index contributed by atoms with van der Waals surface area (Å²) in [6, 6.07) is -1.92. The molecular weight excluding hydrogens is 182 g/mol. The Hall–Kier alpha value is -1.18. The van der Waals surface area contributed by atoms with Gasteiger partial charge in [0, 0.05) is 0 Å². The highest BCUT2D eigenvalue weighted by atomic mass is 16.6. The van der Waals surface area contributed by atoms with Crippen molar-refractivity contribution in [3.05, 3.63) is 5.21 Å². The number of hydroxylamine groups is 3. The number of quaternary nitrogens is 1. The highest BCUT2D eigenvalue weighted by Gasteiger charge is 2.40. The van der Waals surface area contributed by atoms with Gasteiger partial charge in [0.1, 0.15) is 0 Å². The van der Waals surface area contributed by atoms with Crippen LogP contribution < -0.4 is 0 Å². The van der Waals surface area contributed by atoms with Crippen LogP contribution in [0.15, 0.2) is 0 Å². The van der Waals surface area contributed by atoms with Crippen molar-refractivity contribution >= 4 is 11.9 Å². The van der Waals surface area contributed by atoms with E-state index in [1.165, 1.54) is 0 Å². The van der Waals surface area contributed by atoms with Crippen molar-refractivity contribution in [2.75, 3.05) is 14.1 Å². The second kappa shape index (κ2) is 3.69. The first-order chi connectivity index (χ1) is 5.68. The Morgan fingerprint density at radius 3 is 1.69 bits per heavy atom. The normalized spacial score (nSPS) is 16.3. The summed E-state index contributed by atoms with van der Waals surface area (Å²) in [6.07, 6.45) is -2.20. The third kappa shape index (κ3) is 2.98. The van der Waals surface area contributed by atoms with Gasteiger partial charge in [0.15, 0.2) is 0 Å². The summed E-state index contributed by atoms with van der Waals surface area (Å²) in [5.74, 6) is -3.37. The Kier molecular flexibility index (Phi) is 3.35. The van der Waals surface area contributed by atoms with Crippen LogP contribution in [0.25, 0.3) is 0 Å². The molecular formula is C6H11NO6. The smallest absolute Gasteiger partial charge is 0.366 e. The molecule has 0 spiro atoms. The average Bonchev–Trinajstić information content (AvgIpc) is 1.82. The number of aliphatic hydroxyl groups is 1. The van der Waals surface area contributed by atoms with Crippen LogP contribution in [0.3, 0.4) is 0 Å². The van der Waals surface area contributed by atoms with Crippen molar-refractivity contribution in [1.82, 2.24) is 0 Å². The Morgan fingerprint density at radius 1 is 1.23 bits per heavy atom. The van der Waals surface area contributed by atoms with Gasteiger partial charge in [-0.15, -0.1) is 0 Å². The molecule has 13 heavy (non-hydrogen) atoms. The standard InChI is InChI=1S/C6H11NO6/c1-7(2,13)3(5(9)10)4(8)6(11)12/h3-4,8H,1-2H3,(H,9,10)(H,11,12). The molecule has 7 nitrogen and oxygen atoms in total. The van der Waals surface area contributed by atoms with Gasteiger partial charge in [-0.2, -0.15) is 0 Å². The van der Waals surface area contributed by atoms with Crippen molar-refractivity contribution in [2.45, 2.75) is 12.1 Å². The number of likely N-dealkylation sites (N-methyl/N-ethyl adjacent to an activating group) is 1. The molecule has 0 aromatic carbocycles. The van der Waals surface area contributed by atoms with E-state index in [2.05, 4.69) is 0 Å². The topological polar surface area (TPSA) is 118 Å². The van der Waals surface area contributed by atoms with Crippen LogP contribution in [0.1, 0.15) is 0 Å². The lowest BCUT2D eigenvalue weighted by Crippen LogP contribution is -2.57. The molecule has 0 saturated heterocycles. The first-order valence-corrected chi connectivity index (χ1v) is 3.36. The minimum atomic E-state index is -2.20. The highest BCUT2D eigenvalue weighted by molar-refractivity contribution is 5.83. The molecule has 0 saturated carbocycles. The molecule has 3 N–H and O–H groups in total. The van der Waals surface area contributed by atoms with Crippen LogP contribution in [0.2, 0.25) is 0 Å². The number of aliphatic carboxylic acids is 2.